The number of hydrogen-bond acceptors (Lipinski definition) is 2. The summed E-state index contributed by atoms with van der Waals surface area (Å²) < 4.78 is 0. The van der Waals surface area contributed by atoms with Gasteiger partial charge in [-0.1, -0.05) is 77.3 Å². The van der Waals surface area contributed by atoms with Crippen LogP contribution >= 0.6 is 0 Å². The summed E-state index contributed by atoms with van der Waals surface area (Å²) in [4.78, 5) is 12.9. The molecule has 1 aliphatic carbocycles. The van der Waals surface area contributed by atoms with E-state index in [1.807, 2.05) is 0 Å². The van der Waals surface area contributed by atoms with Gasteiger partial charge in [0.15, 0.2) is 0 Å². The lowest BCUT2D eigenvalue weighted by Gasteiger charge is -2.25. The van der Waals surface area contributed by atoms with Gasteiger partial charge in [0, 0.05) is 18.9 Å². The van der Waals surface area contributed by atoms with E-state index in [0.717, 1.165) is 44.9 Å². The third-order valence-electron chi connectivity index (χ3n) is 6.30. The summed E-state index contributed by atoms with van der Waals surface area (Å²) in [5.41, 5.74) is 1.61. The molecule has 0 heterocycles. The van der Waals surface area contributed by atoms with Gasteiger partial charge in [-0.15, -0.1) is 0 Å². The van der Waals surface area contributed by atoms with Crippen molar-refractivity contribution in [2.75, 3.05) is 6.61 Å². The van der Waals surface area contributed by atoms with Gasteiger partial charge in [0.2, 0.25) is 0 Å². The molecule has 0 bridgehead atoms. The molecule has 0 spiro atoms. The van der Waals surface area contributed by atoms with Crippen molar-refractivity contribution in [1.82, 2.24) is 0 Å². The van der Waals surface area contributed by atoms with E-state index < -0.39 is 0 Å². The van der Waals surface area contributed by atoms with Crippen LogP contribution in [0.4, 0.5) is 0 Å². The monoisotopic (exact) mass is 358 g/mol. The van der Waals surface area contributed by atoms with Gasteiger partial charge < -0.3 is 5.11 Å². The molecule has 1 N–H and O–H groups in total. The maximum absolute atomic E-state index is 12.9. The fourth-order valence-electron chi connectivity index (χ4n) is 4.35. The summed E-state index contributed by atoms with van der Waals surface area (Å²) in [6.45, 7) is 9.36. The number of aliphatic hydroxyl groups is 1. The number of carbonyl (C=O) groups is 1. The van der Waals surface area contributed by atoms with Crippen LogP contribution in [0.2, 0.25) is 0 Å². The first-order valence-electron chi connectivity index (χ1n) is 10.5. The number of unbranched alkanes of at least 4 members (excludes halogenated alkanes) is 3. The van der Waals surface area contributed by atoms with Crippen molar-refractivity contribution in [2.45, 2.75) is 78.6 Å². The number of hydrogen-bond donors (Lipinski definition) is 1. The molecular weight excluding hydrogens is 320 g/mol. The Bertz CT molecular complexity index is 543. The topological polar surface area (TPSA) is 37.3 Å². The normalized spacial score (nSPS) is 22.0. The minimum Gasteiger partial charge on any atom is -0.396 e. The third kappa shape index (κ3) is 6.23. The van der Waals surface area contributed by atoms with E-state index in [2.05, 4.69) is 58.0 Å². The zero-order valence-electron chi connectivity index (χ0n) is 17.2. The van der Waals surface area contributed by atoms with E-state index in [0.29, 0.717) is 29.5 Å². The predicted octanol–water partition coefficient (Wildman–Crippen LogP) is 5.99. The summed E-state index contributed by atoms with van der Waals surface area (Å²) in [7, 11) is 0. The molecule has 1 aliphatic rings. The van der Waals surface area contributed by atoms with Gasteiger partial charge in [-0.05, 0) is 48.0 Å². The van der Waals surface area contributed by atoms with Gasteiger partial charge in [0.05, 0.1) is 0 Å². The van der Waals surface area contributed by atoms with Gasteiger partial charge in [0.1, 0.15) is 5.78 Å². The molecule has 2 rings (SSSR count). The highest BCUT2D eigenvalue weighted by Crippen LogP contribution is 2.52. The molecule has 2 heteroatoms. The standard InChI is InChI=1S/C24H38O2/c1-18(19-12-9-7-10-13-19)20(14-8-5-6-11-15-25)16-23(26)21-17-22(21)24(2,3)4/h7,9-10,12-13,18,20-22,25H,5-6,8,11,14-17H2,1-4H3/t18-,20?,21?,22?/m1/s1. The molecule has 0 radical (unpaired) electrons. The second-order valence-electron chi connectivity index (χ2n) is 9.37. The minimum absolute atomic E-state index is 0.255. The van der Waals surface area contributed by atoms with Crippen LogP contribution in [0.15, 0.2) is 30.3 Å². The van der Waals surface area contributed by atoms with Gasteiger partial charge in [-0.2, -0.15) is 0 Å². The van der Waals surface area contributed by atoms with Gasteiger partial charge in [-0.3, -0.25) is 4.79 Å². The quantitative estimate of drug-likeness (QED) is 0.493. The van der Waals surface area contributed by atoms with E-state index >= 15 is 0 Å². The van der Waals surface area contributed by atoms with E-state index in [1.165, 1.54) is 5.56 Å². The molecule has 0 aromatic heterocycles. The number of carbonyl (C=O) groups excluding carboxylic acids is 1. The van der Waals surface area contributed by atoms with Crippen LogP contribution in [0, 0.1) is 23.2 Å². The summed E-state index contributed by atoms with van der Waals surface area (Å²) in [5, 5.41) is 8.94. The van der Waals surface area contributed by atoms with Crippen molar-refractivity contribution in [3.8, 4) is 0 Å². The van der Waals surface area contributed by atoms with Gasteiger partial charge in [-0.25, -0.2) is 0 Å². The maximum Gasteiger partial charge on any atom is 0.136 e. The molecule has 1 saturated carbocycles. The van der Waals surface area contributed by atoms with Crippen LogP contribution in [0.3, 0.4) is 0 Å². The summed E-state index contributed by atoms with van der Waals surface area (Å²) in [6, 6.07) is 10.7. The average Bonchev–Trinajstić information content (AvgIpc) is 3.42. The summed E-state index contributed by atoms with van der Waals surface area (Å²) in [5.74, 6) is 2.22. The Hall–Kier alpha value is -1.15. The molecule has 146 valence electrons. The average molecular weight is 359 g/mol. The molecule has 2 nitrogen and oxygen atoms in total. The zero-order chi connectivity index (χ0) is 19.2. The fourth-order valence-corrected chi connectivity index (χ4v) is 4.35. The van der Waals surface area contributed by atoms with Crippen LogP contribution in [-0.2, 0) is 4.79 Å². The van der Waals surface area contributed by atoms with Crippen molar-refractivity contribution < 1.29 is 9.90 Å². The minimum atomic E-state index is 0.255. The van der Waals surface area contributed by atoms with Crippen molar-refractivity contribution in [3.63, 3.8) is 0 Å². The third-order valence-corrected chi connectivity index (χ3v) is 6.30. The lowest BCUT2D eigenvalue weighted by molar-refractivity contribution is -0.122. The molecule has 0 saturated heterocycles. The molecule has 1 fully saturated rings. The largest absolute Gasteiger partial charge is 0.396 e. The van der Waals surface area contributed by atoms with Crippen LogP contribution in [-0.4, -0.2) is 17.5 Å². The molecule has 4 atom stereocenters. The Morgan fingerprint density at radius 1 is 1.12 bits per heavy atom. The zero-order valence-corrected chi connectivity index (χ0v) is 17.2. The Balaban J connectivity index is 1.95. The van der Waals surface area contributed by atoms with Crippen LogP contribution in [0.1, 0.15) is 84.1 Å². The van der Waals surface area contributed by atoms with Gasteiger partial charge >= 0.3 is 0 Å². The van der Waals surface area contributed by atoms with Crippen molar-refractivity contribution in [1.29, 1.82) is 0 Å². The fraction of sp³-hybridized carbons (Fsp3) is 0.708. The van der Waals surface area contributed by atoms with Crippen LogP contribution in [0.5, 0.6) is 0 Å². The first-order chi connectivity index (χ1) is 12.3. The highest BCUT2D eigenvalue weighted by Gasteiger charge is 2.49. The van der Waals surface area contributed by atoms with E-state index in [4.69, 9.17) is 5.11 Å². The van der Waals surface area contributed by atoms with E-state index in [-0.39, 0.29) is 12.0 Å². The second kappa shape index (κ2) is 9.69. The molecule has 1 aromatic carbocycles. The van der Waals surface area contributed by atoms with E-state index in [9.17, 15) is 4.79 Å². The summed E-state index contributed by atoms with van der Waals surface area (Å²) >= 11 is 0. The molecule has 0 aliphatic heterocycles. The second-order valence-corrected chi connectivity index (χ2v) is 9.37. The van der Waals surface area contributed by atoms with Crippen molar-refractivity contribution in [2.24, 2.45) is 23.2 Å². The smallest absolute Gasteiger partial charge is 0.136 e. The number of aliphatic hydroxyl groups excluding tert-OH is 1. The van der Waals surface area contributed by atoms with Crippen molar-refractivity contribution in [3.05, 3.63) is 35.9 Å². The number of rotatable bonds is 11. The Morgan fingerprint density at radius 3 is 2.35 bits per heavy atom. The predicted molar refractivity (Wildman–Crippen MR) is 109 cm³/mol. The first kappa shape index (κ1) is 21.2. The molecule has 3 unspecified atom stereocenters. The lowest BCUT2D eigenvalue weighted by Crippen LogP contribution is -2.19. The summed E-state index contributed by atoms with van der Waals surface area (Å²) in [6.07, 6.45) is 7.22. The van der Waals surface area contributed by atoms with Gasteiger partial charge in [0.25, 0.3) is 0 Å². The first-order valence-corrected chi connectivity index (χ1v) is 10.5. The molecular formula is C24H38O2. The highest BCUT2D eigenvalue weighted by atomic mass is 16.2. The maximum atomic E-state index is 12.9. The van der Waals surface area contributed by atoms with Crippen LogP contribution in [0.25, 0.3) is 0 Å². The van der Waals surface area contributed by atoms with Crippen molar-refractivity contribution >= 4 is 5.78 Å². The highest BCUT2D eigenvalue weighted by molar-refractivity contribution is 5.84. The van der Waals surface area contributed by atoms with E-state index in [1.54, 1.807) is 0 Å². The Labute approximate surface area is 160 Å². The number of benzene rings is 1. The SMILES string of the molecule is C[C@H](c1ccccc1)C(CCCCCCO)CC(=O)C1CC1C(C)(C)C. The Kier molecular flexibility index (Phi) is 7.88. The molecule has 26 heavy (non-hydrogen) atoms. The number of ketones is 1. The van der Waals surface area contributed by atoms with Crippen LogP contribution < -0.4 is 0 Å². The Morgan fingerprint density at radius 2 is 1.77 bits per heavy atom. The molecule has 1 aromatic rings. The lowest BCUT2D eigenvalue weighted by atomic mass is 9.79. The number of Topliss-reactive ketones (excluding diaryl/α,β-unsaturated/α-hetero) is 1. The molecule has 0 amide bonds.